The first kappa shape index (κ1) is 18.1. The molecule has 0 saturated heterocycles. The fourth-order valence-electron chi connectivity index (χ4n) is 4.43. The van der Waals surface area contributed by atoms with Crippen molar-refractivity contribution in [2.75, 3.05) is 0 Å². The monoisotopic (exact) mass is 344 g/mol. The van der Waals surface area contributed by atoms with E-state index in [2.05, 4.69) is 13.5 Å². The van der Waals surface area contributed by atoms with Crippen LogP contribution in [-0.2, 0) is 14.3 Å². The molecule has 1 heterocycles. The van der Waals surface area contributed by atoms with Crippen LogP contribution in [0.5, 0.6) is 0 Å². The third kappa shape index (κ3) is 3.12. The number of allylic oxidation sites excluding steroid dienone is 3. The average molecular weight is 344 g/mol. The summed E-state index contributed by atoms with van der Waals surface area (Å²) in [6, 6.07) is 0. The van der Waals surface area contributed by atoms with Crippen LogP contribution in [0.3, 0.4) is 0 Å². The third-order valence-electron chi connectivity index (χ3n) is 5.91. The highest BCUT2D eigenvalue weighted by atomic mass is 16.5. The highest BCUT2D eigenvalue weighted by Crippen LogP contribution is 2.50. The van der Waals surface area contributed by atoms with E-state index in [0.717, 1.165) is 24.8 Å². The normalized spacial score (nSPS) is 31.3. The van der Waals surface area contributed by atoms with Crippen molar-refractivity contribution >= 4 is 11.6 Å². The Morgan fingerprint density at radius 3 is 2.72 bits per heavy atom. The van der Waals surface area contributed by atoms with E-state index < -0.39 is 11.7 Å². The highest BCUT2D eigenvalue weighted by Gasteiger charge is 2.52. The lowest BCUT2D eigenvalue weighted by molar-refractivity contribution is -0.131. The summed E-state index contributed by atoms with van der Waals surface area (Å²) in [4.78, 5) is 25.7. The summed E-state index contributed by atoms with van der Waals surface area (Å²) in [5, 5.41) is 10.2. The lowest BCUT2D eigenvalue weighted by atomic mass is 9.63. The Hall–Kier alpha value is -1.68. The molecule has 0 aromatic heterocycles. The summed E-state index contributed by atoms with van der Waals surface area (Å²) in [5.41, 5.74) is 1.22. The zero-order valence-electron chi connectivity index (χ0n) is 15.4. The van der Waals surface area contributed by atoms with E-state index in [1.54, 1.807) is 0 Å². The second-order valence-corrected chi connectivity index (χ2v) is 8.10. The molecule has 3 rings (SSSR count). The molecule has 4 nitrogen and oxygen atoms in total. The smallest absolute Gasteiger partial charge is 0.224 e. The molecule has 0 aromatic rings. The van der Waals surface area contributed by atoms with Gasteiger partial charge in [0.1, 0.15) is 5.60 Å². The standard InChI is InChI=1S/C21H28O4/c1-5-6-7-8-13-10-17(23)18-14-9-12(2)16(22)11-15(14)21(3,4)25-20(18)19(13)24/h10,14-16,22H,2,5-9,11H2,1,3-4H3/t14-,15-,16-/m1/s1. The Morgan fingerprint density at radius 1 is 1.32 bits per heavy atom. The molecular weight excluding hydrogens is 316 g/mol. The van der Waals surface area contributed by atoms with Crippen molar-refractivity contribution in [3.8, 4) is 0 Å². The van der Waals surface area contributed by atoms with E-state index in [1.807, 2.05) is 13.8 Å². The Bertz CT molecular complexity index is 680. The quantitative estimate of drug-likeness (QED) is 0.480. The summed E-state index contributed by atoms with van der Waals surface area (Å²) in [5.74, 6) is -0.0859. The van der Waals surface area contributed by atoms with Crippen molar-refractivity contribution in [2.45, 2.75) is 71.0 Å². The van der Waals surface area contributed by atoms with Gasteiger partial charge in [-0.1, -0.05) is 26.3 Å². The number of hydrogen-bond acceptors (Lipinski definition) is 4. The number of unbranched alkanes of at least 4 members (excludes halogenated alkanes) is 2. The van der Waals surface area contributed by atoms with Gasteiger partial charge in [-0.15, -0.1) is 0 Å². The van der Waals surface area contributed by atoms with Gasteiger partial charge >= 0.3 is 0 Å². The predicted octanol–water partition coefficient (Wildman–Crippen LogP) is 3.65. The summed E-state index contributed by atoms with van der Waals surface area (Å²) < 4.78 is 6.08. The molecule has 0 radical (unpaired) electrons. The van der Waals surface area contributed by atoms with Crippen LogP contribution >= 0.6 is 0 Å². The van der Waals surface area contributed by atoms with Gasteiger partial charge in [-0.3, -0.25) is 9.59 Å². The van der Waals surface area contributed by atoms with Crippen molar-refractivity contribution in [3.05, 3.63) is 35.1 Å². The number of hydrogen-bond donors (Lipinski definition) is 1. The van der Waals surface area contributed by atoms with Crippen molar-refractivity contribution < 1.29 is 19.4 Å². The molecule has 0 spiro atoms. The van der Waals surface area contributed by atoms with Gasteiger partial charge in [0.25, 0.3) is 0 Å². The van der Waals surface area contributed by atoms with Crippen LogP contribution in [0.4, 0.5) is 0 Å². The molecule has 25 heavy (non-hydrogen) atoms. The summed E-state index contributed by atoms with van der Waals surface area (Å²) in [6.45, 7) is 9.96. The van der Waals surface area contributed by atoms with Crippen LogP contribution in [0, 0.1) is 11.8 Å². The highest BCUT2D eigenvalue weighted by molar-refractivity contribution is 6.22. The number of carbonyl (C=O) groups is 2. The van der Waals surface area contributed by atoms with Gasteiger partial charge < -0.3 is 9.84 Å². The Balaban J connectivity index is 1.94. The first-order valence-electron chi connectivity index (χ1n) is 9.34. The maximum Gasteiger partial charge on any atom is 0.224 e. The molecule has 1 N–H and O–H groups in total. The van der Waals surface area contributed by atoms with E-state index in [4.69, 9.17) is 4.74 Å². The number of aliphatic hydroxyl groups excluding tert-OH is 1. The second-order valence-electron chi connectivity index (χ2n) is 8.10. The molecule has 0 unspecified atom stereocenters. The second kappa shape index (κ2) is 6.56. The molecule has 0 amide bonds. The van der Waals surface area contributed by atoms with E-state index in [0.29, 0.717) is 30.4 Å². The number of fused-ring (bicyclic) bond motifs is 2. The molecule has 1 fully saturated rings. The van der Waals surface area contributed by atoms with E-state index in [9.17, 15) is 14.7 Å². The lowest BCUT2D eigenvalue weighted by Crippen LogP contribution is -2.50. The first-order chi connectivity index (χ1) is 11.8. The maximum atomic E-state index is 12.9. The molecule has 1 saturated carbocycles. The number of aliphatic hydroxyl groups is 1. The Kier molecular flexibility index (Phi) is 4.76. The topological polar surface area (TPSA) is 63.6 Å². The summed E-state index contributed by atoms with van der Waals surface area (Å²) in [6.07, 6.45) is 5.64. The van der Waals surface area contributed by atoms with Crippen molar-refractivity contribution in [1.29, 1.82) is 0 Å². The lowest BCUT2D eigenvalue weighted by Gasteiger charge is -2.49. The molecule has 136 valence electrons. The Morgan fingerprint density at radius 2 is 2.04 bits per heavy atom. The molecule has 3 aliphatic rings. The molecule has 0 bridgehead atoms. The number of ketones is 2. The van der Waals surface area contributed by atoms with E-state index >= 15 is 0 Å². The van der Waals surface area contributed by atoms with Crippen LogP contribution in [0.2, 0.25) is 0 Å². The van der Waals surface area contributed by atoms with Crippen molar-refractivity contribution in [3.63, 3.8) is 0 Å². The van der Waals surface area contributed by atoms with E-state index in [-0.39, 0.29) is 29.2 Å². The number of carbonyl (C=O) groups excluding carboxylic acids is 2. The zero-order valence-corrected chi connectivity index (χ0v) is 15.4. The molecule has 3 atom stereocenters. The van der Waals surface area contributed by atoms with Gasteiger partial charge in [-0.2, -0.15) is 0 Å². The fraction of sp³-hybridized carbons (Fsp3) is 0.619. The molecule has 4 heteroatoms. The van der Waals surface area contributed by atoms with Crippen molar-refractivity contribution in [1.82, 2.24) is 0 Å². The van der Waals surface area contributed by atoms with Gasteiger partial charge in [0.2, 0.25) is 5.78 Å². The average Bonchev–Trinajstić information content (AvgIpc) is 2.53. The molecular formula is C21H28O4. The number of Topliss-reactive ketones (excluding diaryl/α,β-unsaturated/α-hetero) is 1. The van der Waals surface area contributed by atoms with Gasteiger partial charge in [-0.25, -0.2) is 0 Å². The third-order valence-corrected chi connectivity index (χ3v) is 5.91. The Labute approximate surface area is 149 Å². The first-order valence-corrected chi connectivity index (χ1v) is 9.34. The zero-order chi connectivity index (χ0) is 18.4. The predicted molar refractivity (Wildman–Crippen MR) is 95.8 cm³/mol. The van der Waals surface area contributed by atoms with Gasteiger partial charge in [-0.05, 0) is 51.2 Å². The van der Waals surface area contributed by atoms with Gasteiger partial charge in [0, 0.05) is 23.0 Å². The maximum absolute atomic E-state index is 12.9. The van der Waals surface area contributed by atoms with Gasteiger partial charge in [0.05, 0.1) is 6.10 Å². The van der Waals surface area contributed by atoms with Gasteiger partial charge in [0.15, 0.2) is 11.5 Å². The van der Waals surface area contributed by atoms with Crippen LogP contribution < -0.4 is 0 Å². The SMILES string of the molecule is C=C1C[C@H]2C3=C(OC(C)(C)[C@@H]2C[C@H]1O)C(=O)C(CCCCC)=CC3=O. The number of ether oxygens (including phenoxy) is 1. The van der Waals surface area contributed by atoms with Crippen LogP contribution in [-0.4, -0.2) is 28.4 Å². The minimum atomic E-state index is -0.590. The minimum absolute atomic E-state index is 0.00135. The van der Waals surface area contributed by atoms with Crippen LogP contribution in [0.1, 0.15) is 59.3 Å². The van der Waals surface area contributed by atoms with Crippen molar-refractivity contribution in [2.24, 2.45) is 11.8 Å². The molecule has 2 aliphatic carbocycles. The van der Waals surface area contributed by atoms with E-state index in [1.165, 1.54) is 6.08 Å². The fourth-order valence-corrected chi connectivity index (χ4v) is 4.43. The minimum Gasteiger partial charge on any atom is -0.483 e. The largest absolute Gasteiger partial charge is 0.483 e. The summed E-state index contributed by atoms with van der Waals surface area (Å²) >= 11 is 0. The number of rotatable bonds is 4. The molecule has 1 aliphatic heterocycles. The molecule has 0 aromatic carbocycles. The summed E-state index contributed by atoms with van der Waals surface area (Å²) in [7, 11) is 0. The van der Waals surface area contributed by atoms with Crippen LogP contribution in [0.25, 0.3) is 0 Å². The van der Waals surface area contributed by atoms with Crippen LogP contribution in [0.15, 0.2) is 35.1 Å².